The maximum absolute atomic E-state index is 12.4. The molecular formula is C17H28N2O5. The number of amides is 1. The molecule has 0 saturated heterocycles. The minimum absolute atomic E-state index is 0.0215. The van der Waals surface area contributed by atoms with Gasteiger partial charge in [-0.05, 0) is 33.6 Å². The van der Waals surface area contributed by atoms with E-state index in [1.165, 1.54) is 13.5 Å². The van der Waals surface area contributed by atoms with Crippen LogP contribution in [0.3, 0.4) is 0 Å². The van der Waals surface area contributed by atoms with Gasteiger partial charge in [0.15, 0.2) is 0 Å². The van der Waals surface area contributed by atoms with E-state index in [9.17, 15) is 14.7 Å². The van der Waals surface area contributed by atoms with Gasteiger partial charge in [0.25, 0.3) is 0 Å². The lowest BCUT2D eigenvalue weighted by molar-refractivity contribution is -0.139. The molecule has 0 bridgehead atoms. The molecule has 1 amide bonds. The van der Waals surface area contributed by atoms with Crippen LogP contribution in [0, 0.1) is 0 Å². The van der Waals surface area contributed by atoms with Crippen molar-refractivity contribution >= 4 is 12.1 Å². The first-order valence-electron chi connectivity index (χ1n) is 8.49. The van der Waals surface area contributed by atoms with E-state index in [-0.39, 0.29) is 18.3 Å². The molecule has 0 aromatic carbocycles. The summed E-state index contributed by atoms with van der Waals surface area (Å²) in [6, 6.07) is 0.175. The van der Waals surface area contributed by atoms with Crippen LogP contribution in [0.4, 0.5) is 4.79 Å². The van der Waals surface area contributed by atoms with Crippen LogP contribution >= 0.6 is 0 Å². The zero-order chi connectivity index (χ0) is 17.9. The Balaban J connectivity index is 2.25. The van der Waals surface area contributed by atoms with Gasteiger partial charge in [-0.2, -0.15) is 0 Å². The highest BCUT2D eigenvalue weighted by Gasteiger charge is 2.38. The van der Waals surface area contributed by atoms with E-state index >= 15 is 0 Å². The number of ether oxygens (including phenoxy) is 2. The highest BCUT2D eigenvalue weighted by atomic mass is 16.6. The normalized spacial score (nSPS) is 22.9. The van der Waals surface area contributed by atoms with Crippen LogP contribution in [0.2, 0.25) is 0 Å². The van der Waals surface area contributed by atoms with Crippen molar-refractivity contribution in [1.82, 2.24) is 9.80 Å². The van der Waals surface area contributed by atoms with Crippen molar-refractivity contribution in [2.45, 2.75) is 70.7 Å². The van der Waals surface area contributed by atoms with E-state index in [1.54, 1.807) is 31.9 Å². The van der Waals surface area contributed by atoms with Crippen LogP contribution in [-0.4, -0.2) is 58.5 Å². The lowest BCUT2D eigenvalue weighted by Crippen LogP contribution is -2.54. The van der Waals surface area contributed by atoms with Gasteiger partial charge in [0.1, 0.15) is 17.5 Å². The number of hydrogen-bond donors (Lipinski definition) is 1. The summed E-state index contributed by atoms with van der Waals surface area (Å²) in [6.07, 6.45) is 5.34. The molecule has 7 nitrogen and oxygen atoms in total. The zero-order valence-electron chi connectivity index (χ0n) is 14.9. The number of carbonyl (C=O) groups is 2. The monoisotopic (exact) mass is 340 g/mol. The van der Waals surface area contributed by atoms with Gasteiger partial charge in [-0.15, -0.1) is 0 Å². The van der Waals surface area contributed by atoms with E-state index < -0.39 is 23.9 Å². The van der Waals surface area contributed by atoms with E-state index in [4.69, 9.17) is 9.47 Å². The average molecular weight is 340 g/mol. The Kier molecular flexibility index (Phi) is 5.74. The van der Waals surface area contributed by atoms with Crippen molar-refractivity contribution in [2.75, 3.05) is 13.7 Å². The minimum Gasteiger partial charge on any atom is -0.464 e. The number of hydrogen-bond acceptors (Lipinski definition) is 6. The molecule has 24 heavy (non-hydrogen) atoms. The number of rotatable bonds is 2. The minimum atomic E-state index is -0.867. The zero-order valence-corrected chi connectivity index (χ0v) is 14.9. The van der Waals surface area contributed by atoms with Crippen LogP contribution in [0.25, 0.3) is 0 Å². The Bertz CT molecular complexity index is 506. The molecule has 136 valence electrons. The molecule has 2 rings (SSSR count). The second kappa shape index (κ2) is 7.42. The van der Waals surface area contributed by atoms with Crippen LogP contribution in [-0.2, 0) is 14.3 Å². The number of β-amino-alcohol motifs (C(OH)–C–C–N with tert-alkyl or cyclic N) is 1. The second-order valence-corrected chi connectivity index (χ2v) is 7.32. The Morgan fingerprint density at radius 1 is 1.21 bits per heavy atom. The first-order chi connectivity index (χ1) is 11.2. The predicted octanol–water partition coefficient (Wildman–Crippen LogP) is 2.20. The molecule has 1 unspecified atom stereocenters. The smallest absolute Gasteiger partial charge is 0.415 e. The molecule has 1 aliphatic heterocycles. The number of methoxy groups -OCH3 is 1. The molecule has 1 atom stereocenters. The summed E-state index contributed by atoms with van der Waals surface area (Å²) in [4.78, 5) is 27.5. The Morgan fingerprint density at radius 3 is 2.38 bits per heavy atom. The topological polar surface area (TPSA) is 79.3 Å². The maximum Gasteiger partial charge on any atom is 0.415 e. The van der Waals surface area contributed by atoms with Crippen molar-refractivity contribution in [2.24, 2.45) is 0 Å². The van der Waals surface area contributed by atoms with Gasteiger partial charge in [-0.3, -0.25) is 4.90 Å². The maximum atomic E-state index is 12.4. The Labute approximate surface area is 143 Å². The van der Waals surface area contributed by atoms with E-state index in [2.05, 4.69) is 0 Å². The Morgan fingerprint density at radius 2 is 1.83 bits per heavy atom. The molecule has 1 aliphatic carbocycles. The summed E-state index contributed by atoms with van der Waals surface area (Å²) in [6.45, 7) is 5.23. The molecule has 1 saturated carbocycles. The van der Waals surface area contributed by atoms with Crippen molar-refractivity contribution in [1.29, 1.82) is 0 Å². The molecule has 1 fully saturated rings. The molecule has 0 radical (unpaired) electrons. The fourth-order valence-electron chi connectivity index (χ4n) is 3.14. The van der Waals surface area contributed by atoms with Crippen molar-refractivity contribution in [3.8, 4) is 0 Å². The predicted molar refractivity (Wildman–Crippen MR) is 87.8 cm³/mol. The molecule has 2 aliphatic rings. The van der Waals surface area contributed by atoms with Gasteiger partial charge in [0.2, 0.25) is 0 Å². The molecular weight excluding hydrogens is 312 g/mol. The quantitative estimate of drug-likeness (QED) is 0.777. The van der Waals surface area contributed by atoms with E-state index in [0.717, 1.165) is 30.6 Å². The highest BCUT2D eigenvalue weighted by Crippen LogP contribution is 2.29. The number of aliphatic hydroxyl groups is 1. The summed E-state index contributed by atoms with van der Waals surface area (Å²) in [7, 11) is 1.27. The van der Waals surface area contributed by atoms with Crippen LogP contribution in [0.1, 0.15) is 52.9 Å². The van der Waals surface area contributed by atoms with Gasteiger partial charge in [0, 0.05) is 12.2 Å². The SMILES string of the molecule is COC(=O)C1=CN(C2CCCCC2)C(O)CN1C(=O)OC(C)(C)C. The first kappa shape index (κ1) is 18.6. The van der Waals surface area contributed by atoms with E-state index in [1.807, 2.05) is 0 Å². The van der Waals surface area contributed by atoms with Crippen LogP contribution in [0.5, 0.6) is 0 Å². The van der Waals surface area contributed by atoms with Crippen molar-refractivity contribution in [3.63, 3.8) is 0 Å². The third kappa shape index (κ3) is 4.41. The molecule has 0 spiro atoms. The van der Waals surface area contributed by atoms with Crippen molar-refractivity contribution in [3.05, 3.63) is 11.9 Å². The highest BCUT2D eigenvalue weighted by molar-refractivity contribution is 5.92. The first-order valence-corrected chi connectivity index (χ1v) is 8.49. The Hall–Kier alpha value is -1.76. The lowest BCUT2D eigenvalue weighted by atomic mass is 9.94. The van der Waals surface area contributed by atoms with Gasteiger partial charge >= 0.3 is 12.1 Å². The third-order valence-electron chi connectivity index (χ3n) is 4.26. The molecule has 1 heterocycles. The molecule has 0 aromatic rings. The van der Waals surface area contributed by atoms with Gasteiger partial charge < -0.3 is 19.5 Å². The summed E-state index contributed by atoms with van der Waals surface area (Å²) in [5.74, 6) is -0.617. The molecule has 7 heteroatoms. The van der Waals surface area contributed by atoms with Gasteiger partial charge in [-0.25, -0.2) is 9.59 Å². The fourth-order valence-corrected chi connectivity index (χ4v) is 3.14. The number of nitrogens with zero attached hydrogens (tertiary/aromatic N) is 2. The van der Waals surface area contributed by atoms with Crippen LogP contribution < -0.4 is 0 Å². The van der Waals surface area contributed by atoms with Crippen LogP contribution in [0.15, 0.2) is 11.9 Å². The summed E-state index contributed by atoms with van der Waals surface area (Å²) in [5.41, 5.74) is -0.591. The lowest BCUT2D eigenvalue weighted by Gasteiger charge is -2.43. The molecule has 1 N–H and O–H groups in total. The van der Waals surface area contributed by atoms with E-state index in [0.29, 0.717) is 0 Å². The second-order valence-electron chi connectivity index (χ2n) is 7.32. The standard InChI is InChI=1S/C17H28N2O5/c1-17(2,3)24-16(22)19-11-14(20)18(10-13(19)15(21)23-4)12-8-6-5-7-9-12/h10,12,14,20H,5-9,11H2,1-4H3. The number of esters is 1. The van der Waals surface area contributed by atoms with Gasteiger partial charge in [0.05, 0.1) is 13.7 Å². The number of aliphatic hydroxyl groups excluding tert-OH is 1. The largest absolute Gasteiger partial charge is 0.464 e. The van der Waals surface area contributed by atoms with Crippen molar-refractivity contribution < 1.29 is 24.2 Å². The average Bonchev–Trinajstić information content (AvgIpc) is 2.53. The fraction of sp³-hybridized carbons (Fsp3) is 0.765. The summed E-state index contributed by atoms with van der Waals surface area (Å²) < 4.78 is 10.1. The molecule has 0 aromatic heterocycles. The van der Waals surface area contributed by atoms with Gasteiger partial charge in [-0.1, -0.05) is 19.3 Å². The number of carbonyl (C=O) groups excluding carboxylic acids is 2. The third-order valence-corrected chi connectivity index (χ3v) is 4.26. The summed E-state index contributed by atoms with van der Waals surface area (Å²) in [5, 5.41) is 10.5. The summed E-state index contributed by atoms with van der Waals surface area (Å²) >= 11 is 0.